The Kier molecular flexibility index (Phi) is 3.68. The SMILES string of the molecule is CCc1cccc(-c2c(Cl)cccc2C=O)c1N. The molecule has 2 nitrogen and oxygen atoms in total. The Balaban J connectivity index is 2.73. The summed E-state index contributed by atoms with van der Waals surface area (Å²) in [7, 11) is 0. The van der Waals surface area contributed by atoms with Gasteiger partial charge in [0.05, 0.1) is 0 Å². The molecule has 0 spiro atoms. The molecule has 0 aliphatic heterocycles. The Morgan fingerprint density at radius 3 is 2.61 bits per heavy atom. The van der Waals surface area contributed by atoms with Crippen LogP contribution >= 0.6 is 11.6 Å². The number of halogens is 1. The van der Waals surface area contributed by atoms with E-state index in [0.29, 0.717) is 21.8 Å². The summed E-state index contributed by atoms with van der Waals surface area (Å²) in [6, 6.07) is 11.1. The van der Waals surface area contributed by atoms with Crippen molar-refractivity contribution < 1.29 is 4.79 Å². The number of carbonyl (C=O) groups excluding carboxylic acids is 1. The van der Waals surface area contributed by atoms with Gasteiger partial charge in [0.2, 0.25) is 0 Å². The van der Waals surface area contributed by atoms with Crippen molar-refractivity contribution in [3.63, 3.8) is 0 Å². The van der Waals surface area contributed by atoms with E-state index < -0.39 is 0 Å². The minimum Gasteiger partial charge on any atom is -0.398 e. The number of carbonyl (C=O) groups is 1. The number of nitrogens with two attached hydrogens (primary N) is 1. The maximum atomic E-state index is 11.1. The lowest BCUT2D eigenvalue weighted by atomic mass is 9.96. The van der Waals surface area contributed by atoms with Crippen molar-refractivity contribution in [2.45, 2.75) is 13.3 Å². The van der Waals surface area contributed by atoms with E-state index in [2.05, 4.69) is 0 Å². The lowest BCUT2D eigenvalue weighted by molar-refractivity contribution is 0.112. The number of aldehydes is 1. The van der Waals surface area contributed by atoms with Gasteiger partial charge >= 0.3 is 0 Å². The van der Waals surface area contributed by atoms with Crippen molar-refractivity contribution >= 4 is 23.6 Å². The molecule has 0 unspecified atom stereocenters. The molecule has 2 aromatic rings. The van der Waals surface area contributed by atoms with Crippen molar-refractivity contribution in [1.29, 1.82) is 0 Å². The van der Waals surface area contributed by atoms with Gasteiger partial charge in [-0.3, -0.25) is 4.79 Å². The molecule has 0 saturated heterocycles. The Morgan fingerprint density at radius 1 is 1.22 bits per heavy atom. The van der Waals surface area contributed by atoms with Gasteiger partial charge in [0.1, 0.15) is 0 Å². The molecular formula is C15H14ClNO. The Labute approximate surface area is 111 Å². The smallest absolute Gasteiger partial charge is 0.150 e. The number of aryl methyl sites for hydroxylation is 1. The van der Waals surface area contributed by atoms with Crippen LogP contribution in [0.15, 0.2) is 36.4 Å². The van der Waals surface area contributed by atoms with E-state index in [1.807, 2.05) is 25.1 Å². The zero-order valence-corrected chi connectivity index (χ0v) is 10.9. The average Bonchev–Trinajstić information content (AvgIpc) is 2.39. The van der Waals surface area contributed by atoms with E-state index in [4.69, 9.17) is 17.3 Å². The minimum atomic E-state index is 0.541. The zero-order valence-electron chi connectivity index (χ0n) is 10.1. The Morgan fingerprint density at radius 2 is 1.94 bits per heavy atom. The van der Waals surface area contributed by atoms with Crippen molar-refractivity contribution in [3.8, 4) is 11.1 Å². The quantitative estimate of drug-likeness (QED) is 0.670. The predicted octanol–water partition coefficient (Wildman–Crippen LogP) is 3.96. The van der Waals surface area contributed by atoms with Crippen molar-refractivity contribution in [1.82, 2.24) is 0 Å². The highest BCUT2D eigenvalue weighted by Gasteiger charge is 2.13. The van der Waals surface area contributed by atoms with E-state index in [1.165, 1.54) is 0 Å². The number of hydrogen-bond donors (Lipinski definition) is 1. The second-order valence-electron chi connectivity index (χ2n) is 4.05. The molecule has 0 atom stereocenters. The third-order valence-corrected chi connectivity index (χ3v) is 3.33. The molecule has 0 saturated carbocycles. The van der Waals surface area contributed by atoms with Crippen LogP contribution in [0, 0.1) is 0 Å². The highest BCUT2D eigenvalue weighted by Crippen LogP contribution is 2.35. The van der Waals surface area contributed by atoms with Crippen LogP contribution in [0.1, 0.15) is 22.8 Å². The van der Waals surface area contributed by atoms with Crippen LogP contribution in [0.25, 0.3) is 11.1 Å². The third kappa shape index (κ3) is 2.12. The molecule has 2 N–H and O–H groups in total. The highest BCUT2D eigenvalue weighted by atomic mass is 35.5. The van der Waals surface area contributed by atoms with Crippen LogP contribution in [0.4, 0.5) is 5.69 Å². The normalized spacial score (nSPS) is 10.3. The van der Waals surface area contributed by atoms with E-state index in [-0.39, 0.29) is 0 Å². The molecule has 92 valence electrons. The number of anilines is 1. The second-order valence-corrected chi connectivity index (χ2v) is 4.46. The van der Waals surface area contributed by atoms with Gasteiger partial charge in [-0.05, 0) is 18.1 Å². The molecule has 0 aliphatic rings. The fraction of sp³-hybridized carbons (Fsp3) is 0.133. The summed E-state index contributed by atoms with van der Waals surface area (Å²) in [5, 5.41) is 0.541. The van der Waals surface area contributed by atoms with Crippen LogP contribution in [-0.2, 0) is 6.42 Å². The van der Waals surface area contributed by atoms with Gasteiger partial charge in [0.25, 0.3) is 0 Å². The molecule has 0 fully saturated rings. The predicted molar refractivity (Wildman–Crippen MR) is 76.1 cm³/mol. The molecule has 2 aromatic carbocycles. The Hall–Kier alpha value is -1.80. The first-order valence-corrected chi connectivity index (χ1v) is 6.18. The number of benzene rings is 2. The summed E-state index contributed by atoms with van der Waals surface area (Å²) in [4.78, 5) is 11.1. The lowest BCUT2D eigenvalue weighted by Crippen LogP contribution is -1.98. The summed E-state index contributed by atoms with van der Waals surface area (Å²) in [5.41, 5.74) is 9.98. The topological polar surface area (TPSA) is 43.1 Å². The standard InChI is InChI=1S/C15H14ClNO/c1-2-10-5-3-7-12(15(10)17)14-11(9-18)6-4-8-13(14)16/h3-9H,2,17H2,1H3. The number of nitrogen functional groups attached to an aromatic ring is 1. The number of rotatable bonds is 3. The van der Waals surface area contributed by atoms with E-state index in [1.54, 1.807) is 18.2 Å². The van der Waals surface area contributed by atoms with Gasteiger partial charge in [-0.1, -0.05) is 48.9 Å². The molecule has 0 aliphatic carbocycles. The summed E-state index contributed by atoms with van der Waals surface area (Å²) < 4.78 is 0. The fourth-order valence-electron chi connectivity index (χ4n) is 2.06. The summed E-state index contributed by atoms with van der Waals surface area (Å²) in [5.74, 6) is 0. The summed E-state index contributed by atoms with van der Waals surface area (Å²) in [6.45, 7) is 2.04. The van der Waals surface area contributed by atoms with Crippen LogP contribution in [0.2, 0.25) is 5.02 Å². The minimum absolute atomic E-state index is 0.541. The Bertz CT molecular complexity index is 593. The number of hydrogen-bond acceptors (Lipinski definition) is 2. The first-order valence-electron chi connectivity index (χ1n) is 5.80. The highest BCUT2D eigenvalue weighted by molar-refractivity contribution is 6.34. The third-order valence-electron chi connectivity index (χ3n) is 3.02. The van der Waals surface area contributed by atoms with Gasteiger partial charge in [-0.25, -0.2) is 0 Å². The molecule has 3 heteroatoms. The van der Waals surface area contributed by atoms with E-state index in [0.717, 1.165) is 23.8 Å². The lowest BCUT2D eigenvalue weighted by Gasteiger charge is -2.13. The molecule has 18 heavy (non-hydrogen) atoms. The second kappa shape index (κ2) is 5.23. The average molecular weight is 260 g/mol. The first-order chi connectivity index (χ1) is 8.69. The van der Waals surface area contributed by atoms with Crippen molar-refractivity contribution in [3.05, 3.63) is 52.5 Å². The fourth-order valence-corrected chi connectivity index (χ4v) is 2.35. The summed E-state index contributed by atoms with van der Waals surface area (Å²) in [6.07, 6.45) is 1.65. The van der Waals surface area contributed by atoms with Gasteiger partial charge < -0.3 is 5.73 Å². The molecule has 0 aromatic heterocycles. The van der Waals surface area contributed by atoms with Crippen molar-refractivity contribution in [2.24, 2.45) is 0 Å². The van der Waals surface area contributed by atoms with Gasteiger partial charge in [-0.15, -0.1) is 0 Å². The van der Waals surface area contributed by atoms with Crippen LogP contribution in [0.5, 0.6) is 0 Å². The summed E-state index contributed by atoms with van der Waals surface area (Å²) >= 11 is 6.20. The van der Waals surface area contributed by atoms with Crippen LogP contribution in [0.3, 0.4) is 0 Å². The van der Waals surface area contributed by atoms with Gasteiger partial charge in [0.15, 0.2) is 6.29 Å². The van der Waals surface area contributed by atoms with Gasteiger partial charge in [0, 0.05) is 27.4 Å². The zero-order chi connectivity index (χ0) is 13.1. The molecule has 2 rings (SSSR count). The van der Waals surface area contributed by atoms with Crippen LogP contribution in [-0.4, -0.2) is 6.29 Å². The van der Waals surface area contributed by atoms with E-state index >= 15 is 0 Å². The maximum Gasteiger partial charge on any atom is 0.150 e. The van der Waals surface area contributed by atoms with Crippen molar-refractivity contribution in [2.75, 3.05) is 5.73 Å². The maximum absolute atomic E-state index is 11.1. The molecule has 0 heterocycles. The first kappa shape index (κ1) is 12.7. The van der Waals surface area contributed by atoms with E-state index in [9.17, 15) is 4.79 Å². The molecule has 0 amide bonds. The monoisotopic (exact) mass is 259 g/mol. The number of para-hydroxylation sites is 1. The molecular weight excluding hydrogens is 246 g/mol. The molecule has 0 bridgehead atoms. The molecule has 0 radical (unpaired) electrons. The largest absolute Gasteiger partial charge is 0.398 e. The van der Waals surface area contributed by atoms with Crippen LogP contribution < -0.4 is 5.73 Å². The van der Waals surface area contributed by atoms with Gasteiger partial charge in [-0.2, -0.15) is 0 Å².